The second-order valence-electron chi connectivity index (χ2n) is 3.58. The van der Waals surface area contributed by atoms with Crippen molar-refractivity contribution in [2.75, 3.05) is 4.43 Å². The molecule has 16 heavy (non-hydrogen) atoms. The monoisotopic (exact) mass is 330 g/mol. The van der Waals surface area contributed by atoms with Gasteiger partial charge in [-0.2, -0.15) is 0 Å². The topological polar surface area (TPSA) is 26.3 Å². The van der Waals surface area contributed by atoms with Crippen molar-refractivity contribution in [3.8, 4) is 0 Å². The molecular weight excluding hydrogens is 315 g/mol. The summed E-state index contributed by atoms with van der Waals surface area (Å²) in [5.41, 5.74) is 1.01. The van der Waals surface area contributed by atoms with E-state index in [1.807, 2.05) is 36.4 Å². The Morgan fingerprint density at radius 3 is 2.75 bits per heavy atom. The minimum absolute atomic E-state index is 0.277. The fourth-order valence-corrected chi connectivity index (χ4v) is 1.36. The zero-order chi connectivity index (χ0) is 11.8. The molecule has 1 unspecified atom stereocenters. The van der Waals surface area contributed by atoms with E-state index in [1.165, 1.54) is 6.08 Å². The highest BCUT2D eigenvalue weighted by molar-refractivity contribution is 14.1. The van der Waals surface area contributed by atoms with Crippen LogP contribution >= 0.6 is 22.6 Å². The van der Waals surface area contributed by atoms with Crippen LogP contribution in [0.3, 0.4) is 0 Å². The van der Waals surface area contributed by atoms with E-state index in [1.54, 1.807) is 0 Å². The van der Waals surface area contributed by atoms with Gasteiger partial charge < -0.3 is 4.74 Å². The molecule has 1 aromatic rings. The minimum Gasteiger partial charge on any atom is -0.458 e. The largest absolute Gasteiger partial charge is 0.458 e. The fourth-order valence-electron chi connectivity index (χ4n) is 1.07. The average Bonchev–Trinajstić information content (AvgIpc) is 2.34. The third-order valence-electron chi connectivity index (χ3n) is 2.03. The molecule has 0 aliphatic heterocycles. The van der Waals surface area contributed by atoms with Crippen LogP contribution in [0.5, 0.6) is 0 Å². The third-order valence-corrected chi connectivity index (χ3v) is 3.42. The maximum absolute atomic E-state index is 11.3. The molecular formula is C13H15IO2. The van der Waals surface area contributed by atoms with E-state index in [0.29, 0.717) is 12.5 Å². The third kappa shape index (κ3) is 5.30. The van der Waals surface area contributed by atoms with Crippen LogP contribution in [-0.4, -0.2) is 10.4 Å². The Labute approximate surface area is 110 Å². The molecule has 0 aromatic heterocycles. The first-order valence-electron chi connectivity index (χ1n) is 5.17. The van der Waals surface area contributed by atoms with Gasteiger partial charge in [0.15, 0.2) is 0 Å². The predicted octanol–water partition coefficient (Wildman–Crippen LogP) is 3.36. The van der Waals surface area contributed by atoms with E-state index < -0.39 is 0 Å². The van der Waals surface area contributed by atoms with Gasteiger partial charge in [-0.15, -0.1) is 0 Å². The molecule has 0 N–H and O–H groups in total. The zero-order valence-electron chi connectivity index (χ0n) is 9.23. The quantitative estimate of drug-likeness (QED) is 0.358. The summed E-state index contributed by atoms with van der Waals surface area (Å²) in [5, 5.41) is 0. The summed E-state index contributed by atoms with van der Waals surface area (Å²) in [6, 6.07) is 9.66. The van der Waals surface area contributed by atoms with Gasteiger partial charge >= 0.3 is 5.97 Å². The van der Waals surface area contributed by atoms with Crippen molar-refractivity contribution in [3.05, 3.63) is 48.0 Å². The number of carbonyl (C=O) groups is 1. The number of carbonyl (C=O) groups excluding carboxylic acids is 1. The molecule has 1 atom stereocenters. The Hall–Kier alpha value is -0.840. The highest BCUT2D eigenvalue weighted by Gasteiger charge is 1.99. The van der Waals surface area contributed by atoms with Gasteiger partial charge in [0, 0.05) is 10.5 Å². The van der Waals surface area contributed by atoms with Crippen LogP contribution in [0.15, 0.2) is 42.5 Å². The molecule has 0 aliphatic carbocycles. The second kappa shape index (κ2) is 7.44. The smallest absolute Gasteiger partial charge is 0.330 e. The fraction of sp³-hybridized carbons (Fsp3) is 0.308. The van der Waals surface area contributed by atoms with Gasteiger partial charge in [-0.3, -0.25) is 0 Å². The van der Waals surface area contributed by atoms with Crippen molar-refractivity contribution in [1.29, 1.82) is 0 Å². The van der Waals surface area contributed by atoms with E-state index >= 15 is 0 Å². The van der Waals surface area contributed by atoms with Crippen molar-refractivity contribution in [2.24, 2.45) is 5.92 Å². The first-order valence-corrected chi connectivity index (χ1v) is 6.69. The lowest BCUT2D eigenvalue weighted by molar-refractivity contribution is -0.139. The first-order chi connectivity index (χ1) is 7.72. The Kier molecular flexibility index (Phi) is 6.15. The lowest BCUT2D eigenvalue weighted by Crippen LogP contribution is -2.01. The highest BCUT2D eigenvalue weighted by atomic mass is 127. The van der Waals surface area contributed by atoms with E-state index in [-0.39, 0.29) is 5.97 Å². The molecule has 1 rings (SSSR count). The van der Waals surface area contributed by atoms with Gasteiger partial charge in [0.2, 0.25) is 0 Å². The molecule has 0 saturated heterocycles. The van der Waals surface area contributed by atoms with Gasteiger partial charge in [-0.1, -0.05) is 65.9 Å². The van der Waals surface area contributed by atoms with Gasteiger partial charge in [0.1, 0.15) is 6.61 Å². The van der Waals surface area contributed by atoms with Gasteiger partial charge in [0.25, 0.3) is 0 Å². The molecule has 0 spiro atoms. The van der Waals surface area contributed by atoms with Crippen LogP contribution in [0, 0.1) is 5.92 Å². The SMILES string of the molecule is CC(/C=C/C(=O)OCc1ccccc1)CI. The number of benzene rings is 1. The molecule has 0 aliphatic rings. The number of esters is 1. The normalized spacial score (nSPS) is 12.6. The summed E-state index contributed by atoms with van der Waals surface area (Å²) < 4.78 is 6.10. The second-order valence-corrected chi connectivity index (χ2v) is 4.46. The zero-order valence-corrected chi connectivity index (χ0v) is 11.4. The molecule has 1 aromatic carbocycles. The number of hydrogen-bond donors (Lipinski definition) is 0. The highest BCUT2D eigenvalue weighted by Crippen LogP contribution is 2.04. The number of rotatable bonds is 5. The van der Waals surface area contributed by atoms with Crippen molar-refractivity contribution in [2.45, 2.75) is 13.5 Å². The maximum Gasteiger partial charge on any atom is 0.330 e. The van der Waals surface area contributed by atoms with Crippen LogP contribution in [0.1, 0.15) is 12.5 Å². The molecule has 3 heteroatoms. The van der Waals surface area contributed by atoms with Crippen molar-refractivity contribution < 1.29 is 9.53 Å². The van der Waals surface area contributed by atoms with Gasteiger partial charge in [-0.05, 0) is 11.5 Å². The molecule has 86 valence electrons. The molecule has 0 amide bonds. The van der Waals surface area contributed by atoms with Crippen LogP contribution in [0.4, 0.5) is 0 Å². The number of hydrogen-bond acceptors (Lipinski definition) is 2. The first kappa shape index (κ1) is 13.2. The summed E-state index contributed by atoms with van der Waals surface area (Å²) >= 11 is 2.29. The van der Waals surface area contributed by atoms with E-state index in [0.717, 1.165) is 9.99 Å². The number of ether oxygens (including phenoxy) is 1. The van der Waals surface area contributed by atoms with Gasteiger partial charge in [0.05, 0.1) is 0 Å². The minimum atomic E-state index is -0.277. The van der Waals surface area contributed by atoms with Crippen molar-refractivity contribution in [3.63, 3.8) is 0 Å². The van der Waals surface area contributed by atoms with Crippen LogP contribution < -0.4 is 0 Å². The van der Waals surface area contributed by atoms with E-state index in [9.17, 15) is 4.79 Å². The summed E-state index contributed by atoms with van der Waals surface area (Å²) in [5.74, 6) is 0.130. The lowest BCUT2D eigenvalue weighted by Gasteiger charge is -2.02. The Bertz CT molecular complexity index is 346. The van der Waals surface area contributed by atoms with Crippen LogP contribution in [-0.2, 0) is 16.1 Å². The molecule has 0 fully saturated rings. The summed E-state index contributed by atoms with van der Waals surface area (Å²) in [6.07, 6.45) is 3.38. The average molecular weight is 330 g/mol. The molecule has 2 nitrogen and oxygen atoms in total. The predicted molar refractivity (Wildman–Crippen MR) is 73.4 cm³/mol. The molecule has 0 heterocycles. The van der Waals surface area contributed by atoms with Crippen molar-refractivity contribution >= 4 is 28.6 Å². The van der Waals surface area contributed by atoms with E-state index in [4.69, 9.17) is 4.74 Å². The standard InChI is InChI=1S/C13H15IO2/c1-11(9-14)7-8-13(15)16-10-12-5-3-2-4-6-12/h2-8,11H,9-10H2,1H3/b8-7+. The Morgan fingerprint density at radius 2 is 2.12 bits per heavy atom. The molecule has 0 bridgehead atoms. The molecule has 0 saturated carbocycles. The van der Waals surface area contributed by atoms with Crippen LogP contribution in [0.25, 0.3) is 0 Å². The number of allylic oxidation sites excluding steroid dienone is 1. The summed E-state index contributed by atoms with van der Waals surface area (Å²) in [4.78, 5) is 11.3. The molecule has 0 radical (unpaired) electrons. The Morgan fingerprint density at radius 1 is 1.44 bits per heavy atom. The van der Waals surface area contributed by atoms with Crippen LogP contribution in [0.2, 0.25) is 0 Å². The lowest BCUT2D eigenvalue weighted by atomic mass is 10.2. The number of alkyl halides is 1. The van der Waals surface area contributed by atoms with Gasteiger partial charge in [-0.25, -0.2) is 4.79 Å². The maximum atomic E-state index is 11.3. The number of halogens is 1. The Balaban J connectivity index is 2.33. The summed E-state index contributed by atoms with van der Waals surface area (Å²) in [6.45, 7) is 2.40. The van der Waals surface area contributed by atoms with E-state index in [2.05, 4.69) is 29.5 Å². The van der Waals surface area contributed by atoms with Crippen molar-refractivity contribution in [1.82, 2.24) is 0 Å². The summed E-state index contributed by atoms with van der Waals surface area (Å²) in [7, 11) is 0.